The van der Waals surface area contributed by atoms with Gasteiger partial charge >= 0.3 is 0 Å². The first-order chi connectivity index (χ1) is 12.8. The standard InChI is InChI=1S/C20H17Cl2NO3S/c1-11-3-5-14(12(2)9-11)17-18(27-8-7-24)20(26)23(19(17)25)16-10-13(21)4-6-15(16)22/h3-6,9-10,24H,7-8H2,1-2H3. The third-order valence-electron chi connectivity index (χ3n) is 4.18. The van der Waals surface area contributed by atoms with Gasteiger partial charge in [-0.15, -0.1) is 11.8 Å². The number of hydrogen-bond acceptors (Lipinski definition) is 4. The van der Waals surface area contributed by atoms with Crippen LogP contribution in [0.4, 0.5) is 5.69 Å². The molecule has 2 amide bonds. The molecule has 2 aromatic rings. The topological polar surface area (TPSA) is 57.6 Å². The summed E-state index contributed by atoms with van der Waals surface area (Å²) in [5.41, 5.74) is 3.23. The number of halogens is 2. The number of amides is 2. The molecule has 0 spiro atoms. The number of thioether (sulfide) groups is 1. The molecule has 1 N–H and O–H groups in total. The maximum Gasteiger partial charge on any atom is 0.272 e. The van der Waals surface area contributed by atoms with E-state index in [2.05, 4.69) is 0 Å². The van der Waals surface area contributed by atoms with Crippen LogP contribution < -0.4 is 4.90 Å². The van der Waals surface area contributed by atoms with E-state index in [1.807, 2.05) is 32.0 Å². The van der Waals surface area contributed by atoms with Crippen molar-refractivity contribution in [3.05, 3.63) is 68.0 Å². The first-order valence-corrected chi connectivity index (χ1v) is 9.98. The highest BCUT2D eigenvalue weighted by molar-refractivity contribution is 8.04. The lowest BCUT2D eigenvalue weighted by Gasteiger charge is -2.17. The lowest BCUT2D eigenvalue weighted by atomic mass is 9.99. The van der Waals surface area contributed by atoms with Crippen LogP contribution in [-0.4, -0.2) is 29.3 Å². The molecule has 2 aromatic carbocycles. The van der Waals surface area contributed by atoms with Crippen LogP contribution in [0.5, 0.6) is 0 Å². The van der Waals surface area contributed by atoms with Crippen LogP contribution in [0.2, 0.25) is 10.0 Å². The number of benzene rings is 2. The molecule has 0 aliphatic carbocycles. The number of imide groups is 1. The Kier molecular flexibility index (Phi) is 5.96. The van der Waals surface area contributed by atoms with E-state index in [1.165, 1.54) is 6.07 Å². The second kappa shape index (κ2) is 8.07. The number of carbonyl (C=O) groups excluding carboxylic acids is 2. The van der Waals surface area contributed by atoms with E-state index in [9.17, 15) is 14.7 Å². The molecular formula is C20H17Cl2NO3S. The Hall–Kier alpha value is -1.79. The summed E-state index contributed by atoms with van der Waals surface area (Å²) in [4.78, 5) is 27.7. The number of carbonyl (C=O) groups is 2. The molecule has 140 valence electrons. The molecule has 4 nitrogen and oxygen atoms in total. The molecule has 0 unspecified atom stereocenters. The van der Waals surface area contributed by atoms with Crippen molar-refractivity contribution >= 4 is 58.0 Å². The van der Waals surface area contributed by atoms with Crippen LogP contribution in [0.1, 0.15) is 16.7 Å². The summed E-state index contributed by atoms with van der Waals surface area (Å²) in [6, 6.07) is 10.3. The molecule has 7 heteroatoms. The van der Waals surface area contributed by atoms with Crippen LogP contribution in [0.15, 0.2) is 41.3 Å². The normalized spacial score (nSPS) is 14.5. The molecule has 0 fully saturated rings. The Labute approximate surface area is 171 Å². The number of aryl methyl sites for hydroxylation is 2. The van der Waals surface area contributed by atoms with E-state index >= 15 is 0 Å². The van der Waals surface area contributed by atoms with Crippen molar-refractivity contribution in [1.82, 2.24) is 0 Å². The van der Waals surface area contributed by atoms with Gasteiger partial charge in [-0.2, -0.15) is 0 Å². The van der Waals surface area contributed by atoms with Gasteiger partial charge in [-0.1, -0.05) is 47.0 Å². The largest absolute Gasteiger partial charge is 0.396 e. The number of nitrogens with zero attached hydrogens (tertiary/aromatic N) is 1. The number of anilines is 1. The quantitative estimate of drug-likeness (QED) is 0.715. The summed E-state index contributed by atoms with van der Waals surface area (Å²) in [6.07, 6.45) is 0. The highest BCUT2D eigenvalue weighted by Crippen LogP contribution is 2.41. The second-order valence-electron chi connectivity index (χ2n) is 6.14. The number of rotatable bonds is 5. The zero-order chi connectivity index (χ0) is 19.7. The Morgan fingerprint density at radius 2 is 1.78 bits per heavy atom. The maximum absolute atomic E-state index is 13.3. The van der Waals surface area contributed by atoms with Gasteiger partial charge in [0.2, 0.25) is 0 Å². The summed E-state index contributed by atoms with van der Waals surface area (Å²) in [7, 11) is 0. The molecule has 0 saturated heterocycles. The van der Waals surface area contributed by atoms with Crippen LogP contribution in [0.3, 0.4) is 0 Å². The van der Waals surface area contributed by atoms with E-state index < -0.39 is 11.8 Å². The minimum Gasteiger partial charge on any atom is -0.396 e. The van der Waals surface area contributed by atoms with Crippen molar-refractivity contribution in [3.63, 3.8) is 0 Å². The van der Waals surface area contributed by atoms with E-state index in [0.29, 0.717) is 26.8 Å². The van der Waals surface area contributed by atoms with Crippen molar-refractivity contribution in [1.29, 1.82) is 0 Å². The van der Waals surface area contributed by atoms with Crippen LogP contribution in [-0.2, 0) is 9.59 Å². The molecule has 1 heterocycles. The van der Waals surface area contributed by atoms with Crippen LogP contribution in [0, 0.1) is 13.8 Å². The summed E-state index contributed by atoms with van der Waals surface area (Å²) >= 11 is 13.4. The Morgan fingerprint density at radius 3 is 2.44 bits per heavy atom. The first-order valence-electron chi connectivity index (χ1n) is 8.24. The molecule has 3 rings (SSSR count). The minimum absolute atomic E-state index is 0.103. The Morgan fingerprint density at radius 1 is 1.04 bits per heavy atom. The van der Waals surface area contributed by atoms with Gasteiger partial charge < -0.3 is 5.11 Å². The van der Waals surface area contributed by atoms with Gasteiger partial charge in [0.1, 0.15) is 0 Å². The van der Waals surface area contributed by atoms with E-state index in [-0.39, 0.29) is 17.3 Å². The van der Waals surface area contributed by atoms with Crippen LogP contribution >= 0.6 is 35.0 Å². The van der Waals surface area contributed by atoms with Gasteiger partial charge in [-0.3, -0.25) is 9.59 Å². The highest BCUT2D eigenvalue weighted by atomic mass is 35.5. The fourth-order valence-corrected chi connectivity index (χ4v) is 4.22. The predicted molar refractivity (Wildman–Crippen MR) is 111 cm³/mol. The Bertz CT molecular complexity index is 972. The van der Waals surface area contributed by atoms with Gasteiger partial charge in [0.05, 0.1) is 27.8 Å². The zero-order valence-corrected chi connectivity index (χ0v) is 17.1. The SMILES string of the molecule is Cc1ccc(C2=C(SCCO)C(=O)N(c3cc(Cl)ccc3Cl)C2=O)c(C)c1. The summed E-state index contributed by atoms with van der Waals surface area (Å²) < 4.78 is 0. The van der Waals surface area contributed by atoms with Crippen LogP contribution in [0.25, 0.3) is 5.57 Å². The van der Waals surface area contributed by atoms with Crippen molar-refractivity contribution in [2.75, 3.05) is 17.3 Å². The number of aliphatic hydroxyl groups excluding tert-OH is 1. The van der Waals surface area contributed by atoms with E-state index in [0.717, 1.165) is 27.8 Å². The number of hydrogen-bond donors (Lipinski definition) is 1. The smallest absolute Gasteiger partial charge is 0.272 e. The summed E-state index contributed by atoms with van der Waals surface area (Å²) in [5, 5.41) is 9.83. The van der Waals surface area contributed by atoms with Gasteiger partial charge in [-0.25, -0.2) is 4.90 Å². The minimum atomic E-state index is -0.461. The molecule has 0 aromatic heterocycles. The first kappa shape index (κ1) is 20.0. The van der Waals surface area contributed by atoms with Gasteiger partial charge in [0.15, 0.2) is 0 Å². The highest BCUT2D eigenvalue weighted by Gasteiger charge is 2.41. The third-order valence-corrected chi connectivity index (χ3v) is 5.79. The lowest BCUT2D eigenvalue weighted by Crippen LogP contribution is -2.31. The number of aliphatic hydroxyl groups is 1. The molecule has 1 aliphatic rings. The van der Waals surface area contributed by atoms with Crippen molar-refractivity contribution in [2.24, 2.45) is 0 Å². The monoisotopic (exact) mass is 421 g/mol. The van der Waals surface area contributed by atoms with Gasteiger partial charge in [0, 0.05) is 10.8 Å². The molecule has 0 radical (unpaired) electrons. The summed E-state index contributed by atoms with van der Waals surface area (Å²) in [6.45, 7) is 3.76. The molecule has 0 atom stereocenters. The fourth-order valence-electron chi connectivity index (χ4n) is 3.00. The van der Waals surface area contributed by atoms with E-state index in [4.69, 9.17) is 23.2 Å². The average Bonchev–Trinajstić information content (AvgIpc) is 2.85. The molecular weight excluding hydrogens is 405 g/mol. The van der Waals surface area contributed by atoms with Crippen molar-refractivity contribution < 1.29 is 14.7 Å². The van der Waals surface area contributed by atoms with Crippen molar-refractivity contribution in [3.8, 4) is 0 Å². The van der Waals surface area contributed by atoms with E-state index in [1.54, 1.807) is 12.1 Å². The molecule has 0 saturated carbocycles. The summed E-state index contributed by atoms with van der Waals surface area (Å²) in [5.74, 6) is -0.603. The molecule has 1 aliphatic heterocycles. The molecule has 0 bridgehead atoms. The van der Waals surface area contributed by atoms with Gasteiger partial charge in [0.25, 0.3) is 11.8 Å². The average molecular weight is 422 g/mol. The predicted octanol–water partition coefficient (Wildman–Crippen LogP) is 4.62. The fraction of sp³-hybridized carbons (Fsp3) is 0.200. The zero-order valence-electron chi connectivity index (χ0n) is 14.8. The lowest BCUT2D eigenvalue weighted by molar-refractivity contribution is -0.119. The third kappa shape index (κ3) is 3.78. The second-order valence-corrected chi connectivity index (χ2v) is 8.08. The molecule has 27 heavy (non-hydrogen) atoms. The van der Waals surface area contributed by atoms with Crippen molar-refractivity contribution in [2.45, 2.75) is 13.8 Å². The van der Waals surface area contributed by atoms with Gasteiger partial charge in [-0.05, 0) is 43.2 Å². The Balaban J connectivity index is 2.16. The maximum atomic E-state index is 13.3.